The van der Waals surface area contributed by atoms with E-state index in [1.165, 1.54) is 45.2 Å². The summed E-state index contributed by atoms with van der Waals surface area (Å²) in [4.78, 5) is 14.4. The van der Waals surface area contributed by atoms with Crippen LogP contribution in [0, 0.1) is 5.92 Å². The number of piperidine rings is 1. The number of carbonyl (C=O) groups is 1. The SMILES string of the molecule is O=C(CNCC1CC1)NC1CCN2CCCCC12. The van der Waals surface area contributed by atoms with E-state index >= 15 is 0 Å². The zero-order chi connectivity index (χ0) is 12.4. The maximum absolute atomic E-state index is 11.9. The molecule has 1 aliphatic carbocycles. The van der Waals surface area contributed by atoms with Gasteiger partial charge in [-0.1, -0.05) is 6.42 Å². The summed E-state index contributed by atoms with van der Waals surface area (Å²) in [5.41, 5.74) is 0. The van der Waals surface area contributed by atoms with Crippen LogP contribution in [0.3, 0.4) is 0 Å². The second-order valence-corrected chi connectivity index (χ2v) is 6.14. The molecule has 0 aromatic rings. The summed E-state index contributed by atoms with van der Waals surface area (Å²) in [6.45, 7) is 3.93. The lowest BCUT2D eigenvalue weighted by Crippen LogP contribution is -2.48. The van der Waals surface area contributed by atoms with Gasteiger partial charge in [0.1, 0.15) is 0 Å². The Labute approximate surface area is 109 Å². The molecule has 1 saturated carbocycles. The molecule has 18 heavy (non-hydrogen) atoms. The van der Waals surface area contributed by atoms with Crippen molar-refractivity contribution in [3.8, 4) is 0 Å². The first kappa shape index (κ1) is 12.4. The van der Waals surface area contributed by atoms with Gasteiger partial charge in [0.25, 0.3) is 0 Å². The van der Waals surface area contributed by atoms with E-state index in [1.807, 2.05) is 0 Å². The number of amides is 1. The minimum Gasteiger partial charge on any atom is -0.351 e. The van der Waals surface area contributed by atoms with Gasteiger partial charge in [0.2, 0.25) is 5.91 Å². The van der Waals surface area contributed by atoms with Crippen LogP contribution in [0.15, 0.2) is 0 Å². The molecular weight excluding hydrogens is 226 g/mol. The van der Waals surface area contributed by atoms with Gasteiger partial charge in [0, 0.05) is 18.6 Å². The number of hydrogen-bond donors (Lipinski definition) is 2. The largest absolute Gasteiger partial charge is 0.351 e. The lowest BCUT2D eigenvalue weighted by atomic mass is 9.99. The van der Waals surface area contributed by atoms with E-state index in [9.17, 15) is 4.79 Å². The normalized spacial score (nSPS) is 32.2. The summed E-state index contributed by atoms with van der Waals surface area (Å²) < 4.78 is 0. The van der Waals surface area contributed by atoms with E-state index in [-0.39, 0.29) is 5.91 Å². The van der Waals surface area contributed by atoms with Gasteiger partial charge >= 0.3 is 0 Å². The van der Waals surface area contributed by atoms with E-state index in [4.69, 9.17) is 0 Å². The molecule has 0 aromatic carbocycles. The molecule has 4 nitrogen and oxygen atoms in total. The Morgan fingerprint density at radius 1 is 1.11 bits per heavy atom. The summed E-state index contributed by atoms with van der Waals surface area (Å²) >= 11 is 0. The van der Waals surface area contributed by atoms with Crippen LogP contribution in [0.1, 0.15) is 38.5 Å². The van der Waals surface area contributed by atoms with Crippen molar-refractivity contribution in [3.63, 3.8) is 0 Å². The van der Waals surface area contributed by atoms with Crippen molar-refractivity contribution in [3.05, 3.63) is 0 Å². The minimum atomic E-state index is 0.188. The second-order valence-electron chi connectivity index (χ2n) is 6.14. The highest BCUT2D eigenvalue weighted by atomic mass is 16.2. The predicted octanol–water partition coefficient (Wildman–Crippen LogP) is 0.729. The van der Waals surface area contributed by atoms with Crippen LogP contribution in [-0.2, 0) is 4.79 Å². The molecule has 2 heterocycles. The summed E-state index contributed by atoms with van der Waals surface area (Å²) in [5, 5.41) is 6.50. The van der Waals surface area contributed by atoms with Crippen molar-refractivity contribution in [2.75, 3.05) is 26.2 Å². The van der Waals surface area contributed by atoms with Gasteiger partial charge in [-0.25, -0.2) is 0 Å². The summed E-state index contributed by atoms with van der Waals surface area (Å²) in [5.74, 6) is 1.03. The first-order valence-electron chi connectivity index (χ1n) is 7.57. The van der Waals surface area contributed by atoms with E-state index in [0.717, 1.165) is 18.9 Å². The maximum atomic E-state index is 11.9. The van der Waals surface area contributed by atoms with Crippen LogP contribution in [0.25, 0.3) is 0 Å². The smallest absolute Gasteiger partial charge is 0.234 e. The molecule has 0 spiro atoms. The summed E-state index contributed by atoms with van der Waals surface area (Å²) in [6.07, 6.45) is 7.75. The van der Waals surface area contributed by atoms with E-state index in [1.54, 1.807) is 0 Å². The number of rotatable bonds is 5. The van der Waals surface area contributed by atoms with Crippen molar-refractivity contribution in [1.29, 1.82) is 0 Å². The number of nitrogens with one attached hydrogen (secondary N) is 2. The first-order chi connectivity index (χ1) is 8.83. The second kappa shape index (κ2) is 5.57. The third kappa shape index (κ3) is 3.04. The van der Waals surface area contributed by atoms with Crippen molar-refractivity contribution >= 4 is 5.91 Å². The van der Waals surface area contributed by atoms with Crippen LogP contribution in [0.5, 0.6) is 0 Å². The lowest BCUT2D eigenvalue weighted by Gasteiger charge is -2.32. The highest BCUT2D eigenvalue weighted by Crippen LogP contribution is 2.28. The number of nitrogens with zero attached hydrogens (tertiary/aromatic N) is 1. The Hall–Kier alpha value is -0.610. The van der Waals surface area contributed by atoms with Gasteiger partial charge in [-0.05, 0) is 51.1 Å². The Kier molecular flexibility index (Phi) is 3.85. The average molecular weight is 251 g/mol. The molecule has 2 N–H and O–H groups in total. The molecular formula is C14H25N3O. The van der Waals surface area contributed by atoms with Crippen LogP contribution in [0.4, 0.5) is 0 Å². The molecule has 3 fully saturated rings. The third-order valence-electron chi connectivity index (χ3n) is 4.62. The molecule has 2 saturated heterocycles. The van der Waals surface area contributed by atoms with Gasteiger partial charge in [0.05, 0.1) is 6.54 Å². The Morgan fingerprint density at radius 3 is 2.83 bits per heavy atom. The standard InChI is InChI=1S/C14H25N3O/c18-14(10-15-9-11-4-5-11)16-12-6-8-17-7-2-1-3-13(12)17/h11-13,15H,1-10H2,(H,16,18). The van der Waals surface area contributed by atoms with E-state index in [0.29, 0.717) is 18.6 Å². The van der Waals surface area contributed by atoms with Crippen LogP contribution in [0.2, 0.25) is 0 Å². The van der Waals surface area contributed by atoms with Crippen molar-refractivity contribution < 1.29 is 4.79 Å². The number of hydrogen-bond acceptors (Lipinski definition) is 3. The fourth-order valence-electron chi connectivity index (χ4n) is 3.39. The molecule has 2 atom stereocenters. The van der Waals surface area contributed by atoms with E-state index < -0.39 is 0 Å². The highest BCUT2D eigenvalue weighted by molar-refractivity contribution is 5.78. The monoisotopic (exact) mass is 251 g/mol. The highest BCUT2D eigenvalue weighted by Gasteiger charge is 2.36. The zero-order valence-electron chi connectivity index (χ0n) is 11.2. The fourth-order valence-corrected chi connectivity index (χ4v) is 3.39. The minimum absolute atomic E-state index is 0.188. The lowest BCUT2D eigenvalue weighted by molar-refractivity contribution is -0.121. The van der Waals surface area contributed by atoms with Crippen LogP contribution >= 0.6 is 0 Å². The zero-order valence-corrected chi connectivity index (χ0v) is 11.2. The Balaban J connectivity index is 1.39. The quantitative estimate of drug-likeness (QED) is 0.757. The maximum Gasteiger partial charge on any atom is 0.234 e. The van der Waals surface area contributed by atoms with Gasteiger partial charge in [-0.15, -0.1) is 0 Å². The number of carbonyl (C=O) groups excluding carboxylic acids is 1. The van der Waals surface area contributed by atoms with Crippen molar-refractivity contribution in [1.82, 2.24) is 15.5 Å². The molecule has 0 bridgehead atoms. The van der Waals surface area contributed by atoms with Gasteiger partial charge in [0.15, 0.2) is 0 Å². The van der Waals surface area contributed by atoms with Gasteiger partial charge < -0.3 is 10.6 Å². The topological polar surface area (TPSA) is 44.4 Å². The molecule has 0 radical (unpaired) electrons. The van der Waals surface area contributed by atoms with Crippen LogP contribution < -0.4 is 10.6 Å². The Morgan fingerprint density at radius 2 is 2.00 bits per heavy atom. The number of fused-ring (bicyclic) bond motifs is 1. The molecule has 2 unspecified atom stereocenters. The predicted molar refractivity (Wildman–Crippen MR) is 71.4 cm³/mol. The average Bonchev–Trinajstić information content (AvgIpc) is 3.11. The van der Waals surface area contributed by atoms with Gasteiger partial charge in [-0.3, -0.25) is 9.69 Å². The summed E-state index contributed by atoms with van der Waals surface area (Å²) in [6, 6.07) is 1.02. The summed E-state index contributed by atoms with van der Waals surface area (Å²) in [7, 11) is 0. The van der Waals surface area contributed by atoms with Crippen LogP contribution in [-0.4, -0.2) is 49.1 Å². The van der Waals surface area contributed by atoms with Crippen molar-refractivity contribution in [2.45, 2.75) is 50.6 Å². The molecule has 4 heteroatoms. The molecule has 1 amide bonds. The Bertz CT molecular complexity index is 303. The molecule has 3 aliphatic rings. The fraction of sp³-hybridized carbons (Fsp3) is 0.929. The van der Waals surface area contributed by atoms with E-state index in [2.05, 4.69) is 15.5 Å². The molecule has 0 aromatic heterocycles. The van der Waals surface area contributed by atoms with Crippen molar-refractivity contribution in [2.24, 2.45) is 5.92 Å². The molecule has 102 valence electrons. The first-order valence-corrected chi connectivity index (χ1v) is 7.57. The molecule has 2 aliphatic heterocycles. The van der Waals surface area contributed by atoms with Gasteiger partial charge in [-0.2, -0.15) is 0 Å². The third-order valence-corrected chi connectivity index (χ3v) is 4.62. The molecule has 3 rings (SSSR count).